The van der Waals surface area contributed by atoms with Gasteiger partial charge >= 0.3 is 0 Å². The van der Waals surface area contributed by atoms with E-state index >= 15 is 0 Å². The molecule has 3 nitrogen and oxygen atoms in total. The van der Waals surface area contributed by atoms with E-state index in [4.69, 9.17) is 9.15 Å². The van der Waals surface area contributed by atoms with Gasteiger partial charge in [-0.1, -0.05) is 12.1 Å². The van der Waals surface area contributed by atoms with Gasteiger partial charge in [-0.15, -0.1) is 0 Å². The predicted molar refractivity (Wildman–Crippen MR) is 74.7 cm³/mol. The number of halogens is 1. The van der Waals surface area contributed by atoms with Crippen molar-refractivity contribution in [2.75, 3.05) is 7.11 Å². The number of hydrogen-bond acceptors (Lipinski definition) is 3. The van der Waals surface area contributed by atoms with Gasteiger partial charge < -0.3 is 14.5 Å². The molecule has 1 aromatic heterocycles. The molecule has 18 heavy (non-hydrogen) atoms. The largest absolute Gasteiger partial charge is 0.497 e. The minimum absolute atomic E-state index is 0.264. The Labute approximate surface area is 115 Å². The van der Waals surface area contributed by atoms with Gasteiger partial charge in [-0.05, 0) is 52.7 Å². The summed E-state index contributed by atoms with van der Waals surface area (Å²) in [5.41, 5.74) is 1.22. The SMILES string of the molecule is COc1ccc([C@@H](C)NCc2ccc(Br)o2)cc1. The first-order chi connectivity index (χ1) is 8.69. The summed E-state index contributed by atoms with van der Waals surface area (Å²) in [6, 6.07) is 12.2. The van der Waals surface area contributed by atoms with E-state index in [1.54, 1.807) is 7.11 Å². The average Bonchev–Trinajstić information content (AvgIpc) is 2.82. The van der Waals surface area contributed by atoms with Gasteiger partial charge in [0.15, 0.2) is 4.67 Å². The van der Waals surface area contributed by atoms with Crippen LogP contribution in [0, 0.1) is 0 Å². The van der Waals surface area contributed by atoms with Crippen molar-refractivity contribution < 1.29 is 9.15 Å². The van der Waals surface area contributed by atoms with E-state index < -0.39 is 0 Å². The second-order valence-corrected chi connectivity index (χ2v) is 4.86. The highest BCUT2D eigenvalue weighted by Crippen LogP contribution is 2.19. The van der Waals surface area contributed by atoms with Crippen molar-refractivity contribution >= 4 is 15.9 Å². The summed E-state index contributed by atoms with van der Waals surface area (Å²) in [5, 5.41) is 3.41. The third kappa shape index (κ3) is 3.37. The zero-order chi connectivity index (χ0) is 13.0. The summed E-state index contributed by atoms with van der Waals surface area (Å²) in [6.07, 6.45) is 0. The Bertz CT molecular complexity index is 493. The summed E-state index contributed by atoms with van der Waals surface area (Å²) in [6.45, 7) is 2.83. The highest BCUT2D eigenvalue weighted by molar-refractivity contribution is 9.10. The Balaban J connectivity index is 1.92. The van der Waals surface area contributed by atoms with Crippen molar-refractivity contribution in [2.24, 2.45) is 0 Å². The van der Waals surface area contributed by atoms with Crippen LogP contribution >= 0.6 is 15.9 Å². The third-order valence-electron chi connectivity index (χ3n) is 2.83. The average molecular weight is 310 g/mol. The van der Waals surface area contributed by atoms with Crippen molar-refractivity contribution in [1.29, 1.82) is 0 Å². The number of ether oxygens (including phenoxy) is 1. The maximum absolute atomic E-state index is 5.44. The first-order valence-corrected chi connectivity index (χ1v) is 6.60. The highest BCUT2D eigenvalue weighted by atomic mass is 79.9. The maximum atomic E-state index is 5.44. The maximum Gasteiger partial charge on any atom is 0.169 e. The van der Waals surface area contributed by atoms with Gasteiger partial charge in [-0.3, -0.25) is 0 Å². The molecule has 1 heterocycles. The fourth-order valence-corrected chi connectivity index (χ4v) is 2.05. The summed E-state index contributed by atoms with van der Waals surface area (Å²) < 4.78 is 11.3. The summed E-state index contributed by atoms with van der Waals surface area (Å²) in [7, 11) is 1.67. The van der Waals surface area contributed by atoms with Gasteiger partial charge in [-0.25, -0.2) is 0 Å². The molecule has 0 saturated heterocycles. The fraction of sp³-hybridized carbons (Fsp3) is 0.286. The molecule has 0 aliphatic heterocycles. The second-order valence-electron chi connectivity index (χ2n) is 4.08. The summed E-state index contributed by atoms with van der Waals surface area (Å²) in [5.74, 6) is 1.79. The lowest BCUT2D eigenvalue weighted by atomic mass is 10.1. The zero-order valence-corrected chi connectivity index (χ0v) is 12.0. The molecule has 96 valence electrons. The van der Waals surface area contributed by atoms with Crippen LogP contribution in [0.4, 0.5) is 0 Å². The lowest BCUT2D eigenvalue weighted by molar-refractivity contribution is 0.414. The number of benzene rings is 1. The van der Waals surface area contributed by atoms with Gasteiger partial charge in [0.2, 0.25) is 0 Å². The molecule has 2 rings (SSSR count). The molecule has 1 aromatic carbocycles. The smallest absolute Gasteiger partial charge is 0.169 e. The van der Waals surface area contributed by atoms with Crippen molar-refractivity contribution in [1.82, 2.24) is 5.32 Å². The topological polar surface area (TPSA) is 34.4 Å². The molecule has 0 bridgehead atoms. The number of furan rings is 1. The van der Waals surface area contributed by atoms with E-state index in [1.165, 1.54) is 5.56 Å². The predicted octanol–water partition coefficient (Wildman–Crippen LogP) is 3.90. The van der Waals surface area contributed by atoms with Crippen LogP contribution in [0.25, 0.3) is 0 Å². The van der Waals surface area contributed by atoms with Crippen LogP contribution < -0.4 is 10.1 Å². The Morgan fingerprint density at radius 1 is 1.22 bits per heavy atom. The second kappa shape index (κ2) is 6.07. The molecule has 0 spiro atoms. The Hall–Kier alpha value is -1.26. The van der Waals surface area contributed by atoms with E-state index in [0.29, 0.717) is 6.54 Å². The molecule has 0 amide bonds. The van der Waals surface area contributed by atoms with Crippen LogP contribution in [-0.2, 0) is 6.54 Å². The summed E-state index contributed by atoms with van der Waals surface area (Å²) in [4.78, 5) is 0. The normalized spacial score (nSPS) is 12.4. The van der Waals surface area contributed by atoms with Crippen molar-refractivity contribution in [3.05, 3.63) is 52.4 Å². The first-order valence-electron chi connectivity index (χ1n) is 5.80. The van der Waals surface area contributed by atoms with E-state index in [1.807, 2.05) is 24.3 Å². The molecule has 2 aromatic rings. The van der Waals surface area contributed by atoms with Gasteiger partial charge in [0, 0.05) is 6.04 Å². The summed E-state index contributed by atoms with van der Waals surface area (Å²) >= 11 is 3.29. The Kier molecular flexibility index (Phi) is 4.44. The van der Waals surface area contributed by atoms with Crippen LogP contribution in [0.15, 0.2) is 45.5 Å². The van der Waals surface area contributed by atoms with Gasteiger partial charge in [0.05, 0.1) is 13.7 Å². The minimum atomic E-state index is 0.264. The van der Waals surface area contributed by atoms with Crippen LogP contribution in [0.1, 0.15) is 24.3 Å². The van der Waals surface area contributed by atoms with E-state index in [-0.39, 0.29) is 6.04 Å². The molecule has 4 heteroatoms. The number of methoxy groups -OCH3 is 1. The van der Waals surface area contributed by atoms with Gasteiger partial charge in [0.25, 0.3) is 0 Å². The molecule has 0 radical (unpaired) electrons. The lowest BCUT2D eigenvalue weighted by Crippen LogP contribution is -2.17. The van der Waals surface area contributed by atoms with Crippen molar-refractivity contribution in [3.63, 3.8) is 0 Å². The molecule has 0 aliphatic rings. The van der Waals surface area contributed by atoms with E-state index in [2.05, 4.69) is 40.3 Å². The fourth-order valence-electron chi connectivity index (χ4n) is 1.71. The number of hydrogen-bond donors (Lipinski definition) is 1. The standard InChI is InChI=1S/C14H16BrNO2/c1-10(11-3-5-12(17-2)6-4-11)16-9-13-7-8-14(15)18-13/h3-8,10,16H,9H2,1-2H3/t10-/m1/s1. The molecule has 0 saturated carbocycles. The Morgan fingerprint density at radius 3 is 2.50 bits per heavy atom. The molecule has 0 aliphatic carbocycles. The van der Waals surface area contributed by atoms with E-state index in [0.717, 1.165) is 16.2 Å². The minimum Gasteiger partial charge on any atom is -0.497 e. The molecule has 0 unspecified atom stereocenters. The lowest BCUT2D eigenvalue weighted by Gasteiger charge is -2.13. The Morgan fingerprint density at radius 2 is 1.94 bits per heavy atom. The van der Waals surface area contributed by atoms with Crippen LogP contribution in [0.2, 0.25) is 0 Å². The van der Waals surface area contributed by atoms with Crippen molar-refractivity contribution in [3.8, 4) is 5.75 Å². The molecule has 1 N–H and O–H groups in total. The van der Waals surface area contributed by atoms with Gasteiger partial charge in [-0.2, -0.15) is 0 Å². The molecule has 0 fully saturated rings. The monoisotopic (exact) mass is 309 g/mol. The third-order valence-corrected chi connectivity index (χ3v) is 3.25. The highest BCUT2D eigenvalue weighted by Gasteiger charge is 2.06. The number of rotatable bonds is 5. The molecular formula is C14H16BrNO2. The first kappa shape index (κ1) is 13.2. The molecule has 1 atom stereocenters. The molecular weight excluding hydrogens is 294 g/mol. The quantitative estimate of drug-likeness (QED) is 0.909. The zero-order valence-electron chi connectivity index (χ0n) is 10.4. The van der Waals surface area contributed by atoms with E-state index in [9.17, 15) is 0 Å². The van der Waals surface area contributed by atoms with Crippen LogP contribution in [0.5, 0.6) is 5.75 Å². The van der Waals surface area contributed by atoms with Crippen LogP contribution in [0.3, 0.4) is 0 Å². The van der Waals surface area contributed by atoms with Gasteiger partial charge in [0.1, 0.15) is 11.5 Å². The van der Waals surface area contributed by atoms with Crippen molar-refractivity contribution in [2.45, 2.75) is 19.5 Å². The number of nitrogens with one attached hydrogen (secondary N) is 1. The van der Waals surface area contributed by atoms with Crippen LogP contribution in [-0.4, -0.2) is 7.11 Å².